The summed E-state index contributed by atoms with van der Waals surface area (Å²) in [5, 5.41) is 0.407. The number of benzene rings is 2. The van der Waals surface area contributed by atoms with Gasteiger partial charge in [0.1, 0.15) is 5.82 Å². The van der Waals surface area contributed by atoms with Crippen LogP contribution in [0, 0.1) is 5.82 Å². The highest BCUT2D eigenvalue weighted by Gasteiger charge is 2.23. The topological polar surface area (TPSA) is 83.5 Å². The number of nitrogens with zero attached hydrogens (tertiary/aromatic N) is 4. The molecule has 0 spiro atoms. The molecule has 2 heterocycles. The second-order valence-corrected chi connectivity index (χ2v) is 10.3. The molecule has 7 nitrogen and oxygen atoms in total. The van der Waals surface area contributed by atoms with E-state index in [1.165, 1.54) is 66.7 Å². The van der Waals surface area contributed by atoms with E-state index in [-0.39, 0.29) is 23.2 Å². The van der Waals surface area contributed by atoms with Crippen LogP contribution < -0.4 is 4.90 Å². The number of sulfonamides is 1. The molecular formula is C22H19FN4O3S2. The van der Waals surface area contributed by atoms with Gasteiger partial charge in [0.25, 0.3) is 5.91 Å². The van der Waals surface area contributed by atoms with Crippen molar-refractivity contribution >= 4 is 42.6 Å². The highest BCUT2D eigenvalue weighted by Crippen LogP contribution is 2.31. The summed E-state index contributed by atoms with van der Waals surface area (Å²) in [7, 11) is -0.718. The van der Waals surface area contributed by atoms with E-state index in [0.717, 1.165) is 9.87 Å². The number of thiazole rings is 1. The Morgan fingerprint density at radius 3 is 2.50 bits per heavy atom. The van der Waals surface area contributed by atoms with Crippen molar-refractivity contribution in [1.82, 2.24) is 14.3 Å². The molecule has 0 N–H and O–H groups in total. The summed E-state index contributed by atoms with van der Waals surface area (Å²) in [6, 6.07) is 13.6. The van der Waals surface area contributed by atoms with Gasteiger partial charge in [-0.2, -0.15) is 0 Å². The maximum absolute atomic E-state index is 13.6. The Morgan fingerprint density at radius 2 is 1.84 bits per heavy atom. The molecule has 2 aromatic carbocycles. The smallest absolute Gasteiger partial charge is 0.260 e. The van der Waals surface area contributed by atoms with Crippen LogP contribution in [0.5, 0.6) is 0 Å². The lowest BCUT2D eigenvalue weighted by Crippen LogP contribution is -2.30. The zero-order valence-corrected chi connectivity index (χ0v) is 18.9. The van der Waals surface area contributed by atoms with E-state index in [4.69, 9.17) is 0 Å². The van der Waals surface area contributed by atoms with Gasteiger partial charge < -0.3 is 0 Å². The Hall–Kier alpha value is -3.21. The quantitative estimate of drug-likeness (QED) is 0.426. The number of rotatable bonds is 6. The van der Waals surface area contributed by atoms with Crippen molar-refractivity contribution in [3.05, 3.63) is 83.9 Å². The fraction of sp³-hybridized carbons (Fsp3) is 0.136. The van der Waals surface area contributed by atoms with Gasteiger partial charge in [-0.3, -0.25) is 14.7 Å². The third-order valence-corrected chi connectivity index (χ3v) is 7.63. The summed E-state index contributed by atoms with van der Waals surface area (Å²) in [6.45, 7) is 0.201. The average molecular weight is 471 g/mol. The first-order valence-corrected chi connectivity index (χ1v) is 11.8. The fourth-order valence-corrected chi connectivity index (χ4v) is 4.93. The predicted molar refractivity (Wildman–Crippen MR) is 122 cm³/mol. The normalized spacial score (nSPS) is 11.8. The van der Waals surface area contributed by atoms with Crippen LogP contribution in [0.1, 0.15) is 15.9 Å². The van der Waals surface area contributed by atoms with E-state index in [0.29, 0.717) is 20.9 Å². The molecule has 4 aromatic rings. The van der Waals surface area contributed by atoms with E-state index >= 15 is 0 Å². The Bertz CT molecular complexity index is 1370. The van der Waals surface area contributed by atoms with Crippen molar-refractivity contribution < 1.29 is 17.6 Å². The van der Waals surface area contributed by atoms with Gasteiger partial charge in [0.15, 0.2) is 5.13 Å². The van der Waals surface area contributed by atoms with Crippen molar-refractivity contribution in [3.8, 4) is 0 Å². The Kier molecular flexibility index (Phi) is 6.00. The average Bonchev–Trinajstić information content (AvgIpc) is 3.20. The largest absolute Gasteiger partial charge is 0.279 e. The van der Waals surface area contributed by atoms with Crippen LogP contribution in [0.4, 0.5) is 9.52 Å². The van der Waals surface area contributed by atoms with E-state index in [9.17, 15) is 17.6 Å². The second-order valence-electron chi connectivity index (χ2n) is 7.17. The van der Waals surface area contributed by atoms with Crippen LogP contribution >= 0.6 is 11.3 Å². The standard InChI is InChI=1S/C22H19FN4O3S2/c1-26(2)32(29,30)18-8-5-16(6-9-18)21(28)27(14-15-4-3-11-24-13-15)22-25-19-10-7-17(23)12-20(19)31-22/h3-13H,14H2,1-2H3. The summed E-state index contributed by atoms with van der Waals surface area (Å²) in [5.74, 6) is -0.738. The maximum Gasteiger partial charge on any atom is 0.260 e. The van der Waals surface area contributed by atoms with Crippen molar-refractivity contribution in [2.45, 2.75) is 11.4 Å². The molecule has 32 heavy (non-hydrogen) atoms. The molecule has 2 aromatic heterocycles. The molecule has 0 bridgehead atoms. The van der Waals surface area contributed by atoms with Gasteiger partial charge in [-0.05, 0) is 54.1 Å². The fourth-order valence-electron chi connectivity index (χ4n) is 3.04. The van der Waals surface area contributed by atoms with Crippen molar-refractivity contribution in [3.63, 3.8) is 0 Å². The van der Waals surface area contributed by atoms with Crippen LogP contribution in [-0.2, 0) is 16.6 Å². The molecule has 0 unspecified atom stereocenters. The number of hydrogen-bond donors (Lipinski definition) is 0. The van der Waals surface area contributed by atoms with Gasteiger partial charge in [0, 0.05) is 32.1 Å². The lowest BCUT2D eigenvalue weighted by Gasteiger charge is -2.20. The predicted octanol–water partition coefficient (Wildman–Crippen LogP) is 3.93. The molecule has 0 radical (unpaired) electrons. The number of hydrogen-bond acceptors (Lipinski definition) is 6. The van der Waals surface area contributed by atoms with Crippen LogP contribution in [0.3, 0.4) is 0 Å². The Morgan fingerprint density at radius 1 is 1.09 bits per heavy atom. The van der Waals surface area contributed by atoms with Gasteiger partial charge in [-0.25, -0.2) is 22.1 Å². The molecule has 4 rings (SSSR count). The highest BCUT2D eigenvalue weighted by molar-refractivity contribution is 7.89. The summed E-state index contributed by atoms with van der Waals surface area (Å²) in [4.78, 5) is 23.6. The molecular weight excluding hydrogens is 451 g/mol. The minimum atomic E-state index is -3.61. The van der Waals surface area contributed by atoms with E-state index in [1.54, 1.807) is 24.5 Å². The minimum Gasteiger partial charge on any atom is -0.279 e. The molecule has 0 fully saturated rings. The SMILES string of the molecule is CN(C)S(=O)(=O)c1ccc(C(=O)N(Cc2cccnc2)c2nc3ccc(F)cc3s2)cc1. The summed E-state index contributed by atoms with van der Waals surface area (Å²) in [6.07, 6.45) is 3.29. The number of pyridine rings is 1. The monoisotopic (exact) mass is 470 g/mol. The zero-order valence-electron chi connectivity index (χ0n) is 17.3. The van der Waals surface area contributed by atoms with E-state index in [2.05, 4.69) is 9.97 Å². The number of amides is 1. The summed E-state index contributed by atoms with van der Waals surface area (Å²) in [5.41, 5.74) is 1.68. The van der Waals surface area contributed by atoms with Gasteiger partial charge in [-0.15, -0.1) is 0 Å². The molecule has 10 heteroatoms. The number of anilines is 1. The summed E-state index contributed by atoms with van der Waals surface area (Å²) >= 11 is 1.20. The van der Waals surface area contributed by atoms with Gasteiger partial charge in [-0.1, -0.05) is 17.4 Å². The lowest BCUT2D eigenvalue weighted by atomic mass is 10.2. The van der Waals surface area contributed by atoms with Crippen molar-refractivity contribution in [2.75, 3.05) is 19.0 Å². The lowest BCUT2D eigenvalue weighted by molar-refractivity contribution is 0.0985. The highest BCUT2D eigenvalue weighted by atomic mass is 32.2. The first-order valence-electron chi connectivity index (χ1n) is 9.55. The molecule has 0 atom stereocenters. The molecule has 0 aliphatic heterocycles. The van der Waals surface area contributed by atoms with Crippen LogP contribution in [-0.4, -0.2) is 42.7 Å². The third kappa shape index (κ3) is 4.38. The molecule has 0 saturated heterocycles. The summed E-state index contributed by atoms with van der Waals surface area (Å²) < 4.78 is 40.0. The first kappa shape index (κ1) is 22.0. The molecule has 0 aliphatic carbocycles. The molecule has 0 saturated carbocycles. The molecule has 0 aliphatic rings. The Balaban J connectivity index is 1.73. The number of halogens is 1. The van der Waals surface area contributed by atoms with Gasteiger partial charge in [0.05, 0.1) is 21.7 Å². The number of carbonyl (C=O) groups excluding carboxylic acids is 1. The van der Waals surface area contributed by atoms with Crippen molar-refractivity contribution in [1.29, 1.82) is 0 Å². The van der Waals surface area contributed by atoms with Crippen LogP contribution in [0.25, 0.3) is 10.2 Å². The van der Waals surface area contributed by atoms with E-state index in [1.807, 2.05) is 6.07 Å². The Labute approximate surface area is 188 Å². The number of carbonyl (C=O) groups is 1. The van der Waals surface area contributed by atoms with Crippen LogP contribution in [0.15, 0.2) is 71.9 Å². The van der Waals surface area contributed by atoms with Crippen LogP contribution in [0.2, 0.25) is 0 Å². The molecule has 1 amide bonds. The maximum atomic E-state index is 13.6. The zero-order chi connectivity index (χ0) is 22.9. The molecule has 164 valence electrons. The van der Waals surface area contributed by atoms with E-state index < -0.39 is 10.0 Å². The second kappa shape index (κ2) is 8.73. The third-order valence-electron chi connectivity index (χ3n) is 4.76. The first-order chi connectivity index (χ1) is 15.3. The van der Waals surface area contributed by atoms with Crippen molar-refractivity contribution in [2.24, 2.45) is 0 Å². The van der Waals surface area contributed by atoms with Gasteiger partial charge in [0.2, 0.25) is 10.0 Å². The number of fused-ring (bicyclic) bond motifs is 1. The minimum absolute atomic E-state index is 0.0910. The van der Waals surface area contributed by atoms with Gasteiger partial charge >= 0.3 is 0 Å². The number of aromatic nitrogens is 2.